The van der Waals surface area contributed by atoms with Gasteiger partial charge < -0.3 is 15.1 Å². The van der Waals surface area contributed by atoms with Gasteiger partial charge in [0.05, 0.1) is 11.5 Å². The van der Waals surface area contributed by atoms with Gasteiger partial charge in [-0.3, -0.25) is 19.4 Å². The van der Waals surface area contributed by atoms with E-state index in [4.69, 9.17) is 5.11 Å². The summed E-state index contributed by atoms with van der Waals surface area (Å²) in [7, 11) is 0. The van der Waals surface area contributed by atoms with Crippen LogP contribution in [0.25, 0.3) is 0 Å². The van der Waals surface area contributed by atoms with E-state index in [9.17, 15) is 19.5 Å². The van der Waals surface area contributed by atoms with Gasteiger partial charge >= 0.3 is 5.97 Å². The zero-order valence-corrected chi connectivity index (χ0v) is 10.3. The molecule has 7 nitrogen and oxygen atoms in total. The Morgan fingerprint density at radius 3 is 2.58 bits per heavy atom. The van der Waals surface area contributed by atoms with Crippen LogP contribution < -0.4 is 5.56 Å². The summed E-state index contributed by atoms with van der Waals surface area (Å²) in [6, 6.07) is 2.24. The normalized spacial score (nSPS) is 22.5. The number of pyridine rings is 1. The Kier molecular flexibility index (Phi) is 3.28. The van der Waals surface area contributed by atoms with Gasteiger partial charge in [-0.15, -0.1) is 0 Å². The summed E-state index contributed by atoms with van der Waals surface area (Å²) in [5.74, 6) is -2.51. The molecule has 0 bridgehead atoms. The largest absolute Gasteiger partial charge is 0.494 e. The molecule has 0 spiro atoms. The standard InChI is InChI=1S/C12H14N2O5/c1-6-4-14(5-8(6)12(18)19)11(17)7-2-9(15)13-10(16)3-7/h2-3,6,8H,4-5H2,1H3,(H,18,19)(H2,13,15,16). The first kappa shape index (κ1) is 13.1. The molecule has 1 saturated heterocycles. The number of carboxylic acid groups (broad SMARTS) is 1. The van der Waals surface area contributed by atoms with Gasteiger partial charge in [0.25, 0.3) is 11.5 Å². The van der Waals surface area contributed by atoms with E-state index in [1.807, 2.05) is 0 Å². The number of rotatable bonds is 2. The molecule has 1 aliphatic rings. The Morgan fingerprint density at radius 2 is 2.05 bits per heavy atom. The van der Waals surface area contributed by atoms with Crippen molar-refractivity contribution in [1.29, 1.82) is 0 Å². The van der Waals surface area contributed by atoms with Gasteiger partial charge in [0, 0.05) is 25.2 Å². The van der Waals surface area contributed by atoms with Crippen LogP contribution in [0, 0.1) is 11.8 Å². The average molecular weight is 266 g/mol. The molecule has 1 aliphatic heterocycles. The predicted octanol–water partition coefficient (Wildman–Crippen LogP) is -0.127. The number of H-pyrrole nitrogens is 1. The number of aromatic amines is 1. The van der Waals surface area contributed by atoms with Gasteiger partial charge in [-0.05, 0) is 5.92 Å². The van der Waals surface area contributed by atoms with E-state index >= 15 is 0 Å². The van der Waals surface area contributed by atoms with Crippen molar-refractivity contribution in [2.24, 2.45) is 11.8 Å². The highest BCUT2D eigenvalue weighted by Crippen LogP contribution is 2.24. The molecule has 0 radical (unpaired) electrons. The van der Waals surface area contributed by atoms with E-state index in [-0.39, 0.29) is 18.0 Å². The molecule has 7 heteroatoms. The molecular weight excluding hydrogens is 252 g/mol. The Labute approximate surface area is 108 Å². The van der Waals surface area contributed by atoms with Crippen molar-refractivity contribution in [2.45, 2.75) is 6.92 Å². The topological polar surface area (TPSA) is 111 Å². The van der Waals surface area contributed by atoms with Gasteiger partial charge in [0.1, 0.15) is 0 Å². The summed E-state index contributed by atoms with van der Waals surface area (Å²) in [5, 5.41) is 18.3. The Bertz CT molecular complexity index is 580. The monoisotopic (exact) mass is 266 g/mol. The van der Waals surface area contributed by atoms with Crippen molar-refractivity contribution in [3.63, 3.8) is 0 Å². The zero-order chi connectivity index (χ0) is 14.2. The third-order valence-corrected chi connectivity index (χ3v) is 3.29. The van der Waals surface area contributed by atoms with E-state index in [0.717, 1.165) is 12.1 Å². The van der Waals surface area contributed by atoms with Crippen molar-refractivity contribution in [3.05, 3.63) is 28.0 Å². The quantitative estimate of drug-likeness (QED) is 0.690. The minimum absolute atomic E-state index is 0.0551. The van der Waals surface area contributed by atoms with Gasteiger partial charge in [0.15, 0.2) is 5.88 Å². The number of nitrogens with zero attached hydrogens (tertiary/aromatic N) is 1. The minimum Gasteiger partial charge on any atom is -0.494 e. The summed E-state index contributed by atoms with van der Waals surface area (Å²) >= 11 is 0. The van der Waals surface area contributed by atoms with E-state index in [1.54, 1.807) is 6.92 Å². The molecule has 1 aromatic rings. The Morgan fingerprint density at radius 1 is 1.37 bits per heavy atom. The zero-order valence-electron chi connectivity index (χ0n) is 10.3. The number of aromatic hydroxyl groups is 1. The summed E-state index contributed by atoms with van der Waals surface area (Å²) in [5.41, 5.74) is -0.523. The van der Waals surface area contributed by atoms with Crippen molar-refractivity contribution >= 4 is 11.9 Å². The molecule has 0 aliphatic carbocycles. The first-order valence-corrected chi connectivity index (χ1v) is 5.84. The number of likely N-dealkylation sites (tertiary alicyclic amines) is 1. The molecule has 0 saturated carbocycles. The molecule has 0 aromatic carbocycles. The van der Waals surface area contributed by atoms with Crippen LogP contribution in [0.1, 0.15) is 17.3 Å². The number of carbonyl (C=O) groups excluding carboxylic acids is 1. The van der Waals surface area contributed by atoms with Crippen molar-refractivity contribution in [3.8, 4) is 5.88 Å². The molecule has 2 rings (SSSR count). The lowest BCUT2D eigenvalue weighted by atomic mass is 9.99. The number of amides is 1. The van der Waals surface area contributed by atoms with Crippen LogP contribution >= 0.6 is 0 Å². The molecule has 19 heavy (non-hydrogen) atoms. The number of carboxylic acids is 1. The summed E-state index contributed by atoms with van der Waals surface area (Å²) in [4.78, 5) is 37.8. The SMILES string of the molecule is CC1CN(C(=O)c2cc(O)[nH]c(=O)c2)CC1C(=O)O. The van der Waals surface area contributed by atoms with Crippen molar-refractivity contribution < 1.29 is 19.8 Å². The highest BCUT2D eigenvalue weighted by molar-refractivity contribution is 5.95. The van der Waals surface area contributed by atoms with Crippen LogP contribution in [-0.4, -0.2) is 45.1 Å². The molecule has 1 amide bonds. The number of aromatic nitrogens is 1. The van der Waals surface area contributed by atoms with Crippen LogP contribution in [0.15, 0.2) is 16.9 Å². The van der Waals surface area contributed by atoms with E-state index in [2.05, 4.69) is 4.98 Å². The van der Waals surface area contributed by atoms with Crippen LogP contribution in [0.2, 0.25) is 0 Å². The number of nitrogens with one attached hydrogen (secondary N) is 1. The second-order valence-corrected chi connectivity index (χ2v) is 4.75. The highest BCUT2D eigenvalue weighted by Gasteiger charge is 2.37. The number of hydrogen-bond donors (Lipinski definition) is 3. The number of hydrogen-bond acceptors (Lipinski definition) is 4. The van der Waals surface area contributed by atoms with Crippen LogP contribution in [-0.2, 0) is 4.79 Å². The van der Waals surface area contributed by atoms with Gasteiger partial charge in [-0.2, -0.15) is 0 Å². The fourth-order valence-electron chi connectivity index (χ4n) is 2.29. The second-order valence-electron chi connectivity index (χ2n) is 4.75. The fraction of sp³-hybridized carbons (Fsp3) is 0.417. The lowest BCUT2D eigenvalue weighted by Crippen LogP contribution is -2.30. The smallest absolute Gasteiger partial charge is 0.308 e. The average Bonchev–Trinajstić information content (AvgIpc) is 2.69. The Hall–Kier alpha value is -2.31. The minimum atomic E-state index is -0.934. The molecular formula is C12H14N2O5. The van der Waals surface area contributed by atoms with Crippen LogP contribution in [0.3, 0.4) is 0 Å². The summed E-state index contributed by atoms with van der Waals surface area (Å²) in [6.07, 6.45) is 0. The van der Waals surface area contributed by atoms with Gasteiger partial charge in [-0.1, -0.05) is 6.92 Å². The molecule has 102 valence electrons. The van der Waals surface area contributed by atoms with Crippen LogP contribution in [0.5, 0.6) is 5.88 Å². The second kappa shape index (κ2) is 4.75. The third kappa shape index (κ3) is 2.59. The number of carbonyl (C=O) groups is 2. The fourth-order valence-corrected chi connectivity index (χ4v) is 2.29. The first-order chi connectivity index (χ1) is 8.88. The third-order valence-electron chi connectivity index (χ3n) is 3.29. The maximum atomic E-state index is 12.1. The summed E-state index contributed by atoms with van der Waals surface area (Å²) in [6.45, 7) is 2.20. The van der Waals surface area contributed by atoms with Gasteiger partial charge in [-0.25, -0.2) is 0 Å². The number of aliphatic carboxylic acids is 1. The van der Waals surface area contributed by atoms with Crippen molar-refractivity contribution in [2.75, 3.05) is 13.1 Å². The Balaban J connectivity index is 2.21. The maximum absolute atomic E-state index is 12.1. The highest BCUT2D eigenvalue weighted by atomic mass is 16.4. The van der Waals surface area contributed by atoms with Gasteiger partial charge in [0.2, 0.25) is 0 Å². The van der Waals surface area contributed by atoms with E-state index in [1.165, 1.54) is 4.90 Å². The lowest BCUT2D eigenvalue weighted by Gasteiger charge is -2.15. The lowest BCUT2D eigenvalue weighted by molar-refractivity contribution is -0.142. The molecule has 2 atom stereocenters. The van der Waals surface area contributed by atoms with E-state index in [0.29, 0.717) is 6.54 Å². The maximum Gasteiger partial charge on any atom is 0.308 e. The van der Waals surface area contributed by atoms with E-state index < -0.39 is 29.2 Å². The first-order valence-electron chi connectivity index (χ1n) is 5.84. The molecule has 3 N–H and O–H groups in total. The predicted molar refractivity (Wildman–Crippen MR) is 64.9 cm³/mol. The molecule has 2 unspecified atom stereocenters. The molecule has 1 aromatic heterocycles. The molecule has 1 fully saturated rings. The summed E-state index contributed by atoms with van der Waals surface area (Å²) < 4.78 is 0. The van der Waals surface area contributed by atoms with Crippen LogP contribution in [0.4, 0.5) is 0 Å². The molecule has 2 heterocycles. The van der Waals surface area contributed by atoms with Crippen molar-refractivity contribution in [1.82, 2.24) is 9.88 Å².